The number of carboxylic acids is 1. The number of aromatic carboxylic acids is 1. The lowest BCUT2D eigenvalue weighted by molar-refractivity contribution is -0.116. The molecule has 1 aliphatic heterocycles. The second kappa shape index (κ2) is 6.77. The summed E-state index contributed by atoms with van der Waals surface area (Å²) in [4.78, 5) is 24.1. The van der Waals surface area contributed by atoms with Crippen LogP contribution in [-0.4, -0.2) is 33.8 Å². The number of carbonyl (C=O) groups is 2. The maximum atomic E-state index is 12.3. The van der Waals surface area contributed by atoms with Crippen molar-refractivity contribution >= 4 is 17.6 Å². The average Bonchev–Trinajstić information content (AvgIpc) is 3.07. The number of phenolic OH excluding ortho intramolecular Hbond substituents is 1. The monoisotopic (exact) mass is 378 g/mol. The van der Waals surface area contributed by atoms with Gasteiger partial charge < -0.3 is 24.8 Å². The highest BCUT2D eigenvalue weighted by Gasteiger charge is 2.34. The van der Waals surface area contributed by atoms with Gasteiger partial charge in [-0.25, -0.2) is 4.79 Å². The van der Waals surface area contributed by atoms with Crippen molar-refractivity contribution in [1.82, 2.24) is 4.57 Å². The van der Waals surface area contributed by atoms with Crippen molar-refractivity contribution in [3.8, 4) is 17.2 Å². The molecule has 7 nitrogen and oxygen atoms in total. The molecule has 1 aromatic heterocycles. The summed E-state index contributed by atoms with van der Waals surface area (Å²) in [6.07, 6.45) is 1.65. The zero-order chi connectivity index (χ0) is 19.8. The number of anilines is 1. The number of carboxylic acid groups (broad SMARTS) is 1. The third-order valence-corrected chi connectivity index (χ3v) is 4.86. The van der Waals surface area contributed by atoms with Crippen LogP contribution in [0.3, 0.4) is 0 Å². The van der Waals surface area contributed by atoms with Gasteiger partial charge in [-0.15, -0.1) is 0 Å². The first-order chi connectivity index (χ1) is 13.5. The molecule has 7 heteroatoms. The lowest BCUT2D eigenvalue weighted by atomic mass is 9.88. The van der Waals surface area contributed by atoms with E-state index >= 15 is 0 Å². The van der Waals surface area contributed by atoms with Crippen LogP contribution in [-0.2, 0) is 4.79 Å². The molecule has 3 aromatic rings. The van der Waals surface area contributed by atoms with E-state index in [4.69, 9.17) is 4.74 Å². The second-order valence-corrected chi connectivity index (χ2v) is 6.58. The highest BCUT2D eigenvalue weighted by Crippen LogP contribution is 2.42. The van der Waals surface area contributed by atoms with Gasteiger partial charge in [-0.1, -0.05) is 18.2 Å². The van der Waals surface area contributed by atoms with E-state index < -0.39 is 11.9 Å². The number of phenols is 1. The highest BCUT2D eigenvalue weighted by atomic mass is 16.5. The summed E-state index contributed by atoms with van der Waals surface area (Å²) in [5, 5.41) is 22.3. The van der Waals surface area contributed by atoms with E-state index in [9.17, 15) is 19.8 Å². The number of benzene rings is 2. The summed E-state index contributed by atoms with van der Waals surface area (Å²) in [6, 6.07) is 13.9. The van der Waals surface area contributed by atoms with Gasteiger partial charge in [0.05, 0.1) is 18.5 Å². The molecule has 1 amide bonds. The van der Waals surface area contributed by atoms with E-state index in [1.54, 1.807) is 42.0 Å². The number of methoxy groups -OCH3 is 1. The Bertz CT molecular complexity index is 1090. The van der Waals surface area contributed by atoms with E-state index in [1.807, 2.05) is 18.2 Å². The van der Waals surface area contributed by atoms with E-state index in [2.05, 4.69) is 5.32 Å². The second-order valence-electron chi connectivity index (χ2n) is 6.58. The van der Waals surface area contributed by atoms with E-state index in [-0.39, 0.29) is 29.3 Å². The molecule has 4 rings (SSSR count). The number of rotatable bonds is 4. The van der Waals surface area contributed by atoms with Gasteiger partial charge in [-0.2, -0.15) is 0 Å². The molecule has 0 bridgehead atoms. The molecule has 1 aliphatic rings. The van der Waals surface area contributed by atoms with Crippen LogP contribution in [0.15, 0.2) is 54.7 Å². The summed E-state index contributed by atoms with van der Waals surface area (Å²) in [7, 11) is 1.56. The van der Waals surface area contributed by atoms with E-state index in [0.29, 0.717) is 17.1 Å². The molecule has 1 unspecified atom stereocenters. The Hall–Kier alpha value is -3.74. The summed E-state index contributed by atoms with van der Waals surface area (Å²) < 4.78 is 7.05. The number of fused-ring (bicyclic) bond motifs is 1. The molecule has 3 N–H and O–H groups in total. The van der Waals surface area contributed by atoms with Crippen LogP contribution in [0.2, 0.25) is 0 Å². The first kappa shape index (κ1) is 17.7. The normalized spacial score (nSPS) is 15.6. The molecule has 142 valence electrons. The number of aromatic nitrogens is 1. The number of carbonyl (C=O) groups excluding carboxylic acids is 1. The molecule has 2 heterocycles. The zero-order valence-corrected chi connectivity index (χ0v) is 15.0. The van der Waals surface area contributed by atoms with Crippen molar-refractivity contribution in [3.63, 3.8) is 0 Å². The van der Waals surface area contributed by atoms with Gasteiger partial charge in [-0.05, 0) is 29.8 Å². The van der Waals surface area contributed by atoms with Crippen molar-refractivity contribution in [3.05, 3.63) is 71.5 Å². The maximum absolute atomic E-state index is 12.3. The number of ether oxygens (including phenoxy) is 1. The fourth-order valence-corrected chi connectivity index (χ4v) is 3.62. The number of aromatic hydroxyl groups is 1. The molecule has 0 saturated carbocycles. The summed E-state index contributed by atoms with van der Waals surface area (Å²) in [5.74, 6) is -1.09. The Kier molecular flexibility index (Phi) is 4.27. The van der Waals surface area contributed by atoms with Crippen molar-refractivity contribution in [1.29, 1.82) is 0 Å². The quantitative estimate of drug-likeness (QED) is 0.646. The topological polar surface area (TPSA) is 101 Å². The average molecular weight is 378 g/mol. The molecule has 0 radical (unpaired) electrons. The number of nitrogens with one attached hydrogen (secondary N) is 1. The zero-order valence-electron chi connectivity index (χ0n) is 15.0. The van der Waals surface area contributed by atoms with Gasteiger partial charge in [0, 0.05) is 30.3 Å². The van der Waals surface area contributed by atoms with Gasteiger partial charge >= 0.3 is 5.97 Å². The molecule has 0 fully saturated rings. The smallest absolute Gasteiger partial charge is 0.339 e. The molecular formula is C21H18N2O5. The number of hydrogen-bond donors (Lipinski definition) is 3. The van der Waals surface area contributed by atoms with Crippen molar-refractivity contribution in [2.24, 2.45) is 0 Å². The minimum absolute atomic E-state index is 0.0102. The minimum Gasteiger partial charge on any atom is -0.508 e. The van der Waals surface area contributed by atoms with Gasteiger partial charge in [0.1, 0.15) is 17.1 Å². The fourth-order valence-electron chi connectivity index (χ4n) is 3.62. The van der Waals surface area contributed by atoms with Crippen LogP contribution < -0.4 is 10.1 Å². The Morgan fingerprint density at radius 2 is 2.00 bits per heavy atom. The number of amides is 1. The van der Waals surface area contributed by atoms with Gasteiger partial charge in [0.25, 0.3) is 0 Å². The highest BCUT2D eigenvalue weighted by molar-refractivity contribution is 6.04. The van der Waals surface area contributed by atoms with Crippen molar-refractivity contribution in [2.45, 2.75) is 12.3 Å². The lowest BCUT2D eigenvalue weighted by Crippen LogP contribution is -2.25. The molecular weight excluding hydrogens is 360 g/mol. The Morgan fingerprint density at radius 1 is 1.21 bits per heavy atom. The molecule has 1 atom stereocenters. The van der Waals surface area contributed by atoms with Crippen LogP contribution in [0.5, 0.6) is 11.5 Å². The van der Waals surface area contributed by atoms with Gasteiger partial charge in [0.2, 0.25) is 5.91 Å². The van der Waals surface area contributed by atoms with Crippen LogP contribution in [0, 0.1) is 0 Å². The van der Waals surface area contributed by atoms with Gasteiger partial charge in [0.15, 0.2) is 0 Å². The predicted octanol–water partition coefficient (Wildman–Crippen LogP) is 3.36. The number of nitrogens with zero attached hydrogens (tertiary/aromatic N) is 1. The SMILES string of the molecule is COc1cccc(-n2cc(C(=O)O)c3c2C(c2cccc(O)c2)CC(=O)N3)c1. The van der Waals surface area contributed by atoms with Crippen LogP contribution in [0.1, 0.15) is 34.0 Å². The van der Waals surface area contributed by atoms with Gasteiger partial charge in [-0.3, -0.25) is 4.79 Å². The lowest BCUT2D eigenvalue weighted by Gasteiger charge is -2.26. The third kappa shape index (κ3) is 2.96. The van der Waals surface area contributed by atoms with Crippen LogP contribution in [0.25, 0.3) is 5.69 Å². The first-order valence-corrected chi connectivity index (χ1v) is 8.69. The first-order valence-electron chi connectivity index (χ1n) is 8.69. The number of hydrogen-bond acceptors (Lipinski definition) is 4. The Balaban J connectivity index is 1.97. The van der Waals surface area contributed by atoms with Crippen molar-refractivity contribution in [2.75, 3.05) is 12.4 Å². The summed E-state index contributed by atoms with van der Waals surface area (Å²) in [6.45, 7) is 0. The molecule has 28 heavy (non-hydrogen) atoms. The van der Waals surface area contributed by atoms with Crippen LogP contribution in [0.4, 0.5) is 5.69 Å². The largest absolute Gasteiger partial charge is 0.508 e. The predicted molar refractivity (Wildman–Crippen MR) is 102 cm³/mol. The van der Waals surface area contributed by atoms with E-state index in [1.165, 1.54) is 6.20 Å². The Morgan fingerprint density at radius 3 is 2.71 bits per heavy atom. The standard InChI is InChI=1S/C21H18N2O5/c1-28-15-7-3-5-13(9-15)23-11-17(21(26)27)19-20(23)16(10-18(25)22-19)12-4-2-6-14(24)8-12/h2-9,11,16,24H,10H2,1H3,(H,22,25)(H,26,27). The summed E-state index contributed by atoms with van der Waals surface area (Å²) >= 11 is 0. The molecule has 0 spiro atoms. The van der Waals surface area contributed by atoms with Crippen molar-refractivity contribution < 1.29 is 24.5 Å². The summed E-state index contributed by atoms with van der Waals surface area (Å²) in [5.41, 5.74) is 2.38. The maximum Gasteiger partial charge on any atom is 0.339 e. The van der Waals surface area contributed by atoms with E-state index in [0.717, 1.165) is 5.56 Å². The van der Waals surface area contributed by atoms with Crippen LogP contribution >= 0.6 is 0 Å². The third-order valence-electron chi connectivity index (χ3n) is 4.86. The Labute approximate surface area is 160 Å². The fraction of sp³-hybridized carbons (Fsp3) is 0.143. The minimum atomic E-state index is -1.13. The molecule has 0 aliphatic carbocycles. The molecule has 2 aromatic carbocycles. The molecule has 0 saturated heterocycles.